The van der Waals surface area contributed by atoms with Crippen LogP contribution in [-0.2, 0) is 0 Å². The van der Waals surface area contributed by atoms with Crippen molar-refractivity contribution in [2.24, 2.45) is 0 Å². The van der Waals surface area contributed by atoms with Crippen molar-refractivity contribution in [1.82, 2.24) is 0 Å². The molecule has 0 saturated carbocycles. The predicted octanol–water partition coefficient (Wildman–Crippen LogP) is 4.47. The number of ketones is 1. The van der Waals surface area contributed by atoms with Gasteiger partial charge in [-0.05, 0) is 31.2 Å². The summed E-state index contributed by atoms with van der Waals surface area (Å²) in [5.74, 6) is 2.22. The number of benzene rings is 2. The summed E-state index contributed by atoms with van der Waals surface area (Å²) in [6, 6.07) is 14.7. The molecule has 0 radical (unpaired) electrons. The number of rotatable bonds is 6. The molecule has 0 aliphatic rings. The van der Waals surface area contributed by atoms with Crippen molar-refractivity contribution in [3.8, 4) is 17.2 Å². The minimum Gasteiger partial charge on any atom is -0.494 e. The second-order valence-electron chi connectivity index (χ2n) is 4.31. The smallest absolute Gasteiger partial charge is 0.162 e. The van der Waals surface area contributed by atoms with Gasteiger partial charge in [0.1, 0.15) is 17.2 Å². The minimum absolute atomic E-state index is 0.110. The number of hydrogen-bond donors (Lipinski definition) is 0. The molecule has 0 aromatic heterocycles. The first-order valence-corrected chi connectivity index (χ1v) is 6.77. The lowest BCUT2D eigenvalue weighted by Gasteiger charge is -2.09. The summed E-state index contributed by atoms with van der Waals surface area (Å²) in [4.78, 5) is 11.7. The molecule has 0 fully saturated rings. The topological polar surface area (TPSA) is 35.5 Å². The molecule has 0 amide bonds. The summed E-state index contributed by atoms with van der Waals surface area (Å²) in [5, 5.41) is 0. The lowest BCUT2D eigenvalue weighted by molar-refractivity contribution is 0.0988. The highest BCUT2D eigenvalue weighted by atomic mass is 16.5. The Morgan fingerprint density at radius 2 is 1.60 bits per heavy atom. The SMILES string of the molecule is CCOc1cccc(Oc2cccc(C(=O)CC)c2)c1. The van der Waals surface area contributed by atoms with E-state index in [2.05, 4.69) is 0 Å². The average Bonchev–Trinajstić information content (AvgIpc) is 2.47. The standard InChI is InChI=1S/C17H18O3/c1-3-17(18)13-7-5-9-15(11-13)20-16-10-6-8-14(12-16)19-4-2/h5-12H,3-4H2,1-2H3. The lowest BCUT2D eigenvalue weighted by Crippen LogP contribution is -1.96. The minimum atomic E-state index is 0.110. The van der Waals surface area contributed by atoms with Crippen molar-refractivity contribution in [2.75, 3.05) is 6.61 Å². The van der Waals surface area contributed by atoms with Crippen molar-refractivity contribution >= 4 is 5.78 Å². The number of carbonyl (C=O) groups is 1. The third-order valence-electron chi connectivity index (χ3n) is 2.83. The van der Waals surface area contributed by atoms with Gasteiger partial charge in [0.05, 0.1) is 6.61 Å². The lowest BCUT2D eigenvalue weighted by atomic mass is 10.1. The fourth-order valence-electron chi connectivity index (χ4n) is 1.87. The normalized spacial score (nSPS) is 10.1. The molecule has 104 valence electrons. The number of hydrogen-bond acceptors (Lipinski definition) is 3. The molecule has 2 aromatic carbocycles. The van der Waals surface area contributed by atoms with Gasteiger partial charge in [-0.1, -0.05) is 25.1 Å². The highest BCUT2D eigenvalue weighted by Gasteiger charge is 2.05. The van der Waals surface area contributed by atoms with Crippen molar-refractivity contribution in [2.45, 2.75) is 20.3 Å². The highest BCUT2D eigenvalue weighted by molar-refractivity contribution is 5.96. The zero-order valence-corrected chi connectivity index (χ0v) is 11.8. The van der Waals surface area contributed by atoms with E-state index >= 15 is 0 Å². The van der Waals surface area contributed by atoms with E-state index in [4.69, 9.17) is 9.47 Å². The van der Waals surface area contributed by atoms with Crippen LogP contribution in [0.5, 0.6) is 17.2 Å². The van der Waals surface area contributed by atoms with Crippen molar-refractivity contribution in [1.29, 1.82) is 0 Å². The molecule has 0 heterocycles. The quantitative estimate of drug-likeness (QED) is 0.726. The zero-order valence-electron chi connectivity index (χ0n) is 11.8. The van der Waals surface area contributed by atoms with Gasteiger partial charge in [-0.25, -0.2) is 0 Å². The molecule has 3 nitrogen and oxygen atoms in total. The van der Waals surface area contributed by atoms with Crippen LogP contribution in [0.4, 0.5) is 0 Å². The van der Waals surface area contributed by atoms with E-state index in [1.165, 1.54) is 0 Å². The number of Topliss-reactive ketones (excluding diaryl/α,β-unsaturated/α-hetero) is 1. The van der Waals surface area contributed by atoms with Crippen LogP contribution in [0.3, 0.4) is 0 Å². The van der Waals surface area contributed by atoms with Gasteiger partial charge in [0.2, 0.25) is 0 Å². The van der Waals surface area contributed by atoms with Crippen LogP contribution in [0.15, 0.2) is 48.5 Å². The van der Waals surface area contributed by atoms with Crippen LogP contribution >= 0.6 is 0 Å². The predicted molar refractivity (Wildman–Crippen MR) is 78.7 cm³/mol. The van der Waals surface area contributed by atoms with Gasteiger partial charge in [0.25, 0.3) is 0 Å². The Hall–Kier alpha value is -2.29. The number of ether oxygens (including phenoxy) is 2. The van der Waals surface area contributed by atoms with E-state index in [9.17, 15) is 4.79 Å². The summed E-state index contributed by atoms with van der Waals surface area (Å²) < 4.78 is 11.2. The Morgan fingerprint density at radius 3 is 2.30 bits per heavy atom. The first kappa shape index (κ1) is 14.1. The van der Waals surface area contributed by atoms with Gasteiger partial charge >= 0.3 is 0 Å². The molecular weight excluding hydrogens is 252 g/mol. The Labute approximate surface area is 119 Å². The molecule has 0 aliphatic carbocycles. The highest BCUT2D eigenvalue weighted by Crippen LogP contribution is 2.26. The maximum atomic E-state index is 11.7. The molecule has 20 heavy (non-hydrogen) atoms. The molecular formula is C17H18O3. The van der Waals surface area contributed by atoms with Crippen molar-refractivity contribution in [3.05, 3.63) is 54.1 Å². The van der Waals surface area contributed by atoms with E-state index in [1.807, 2.05) is 50.2 Å². The van der Waals surface area contributed by atoms with Crippen LogP contribution < -0.4 is 9.47 Å². The van der Waals surface area contributed by atoms with Gasteiger partial charge in [0, 0.05) is 18.1 Å². The molecule has 3 heteroatoms. The van der Waals surface area contributed by atoms with Gasteiger partial charge in [0.15, 0.2) is 5.78 Å². The third-order valence-corrected chi connectivity index (χ3v) is 2.83. The maximum absolute atomic E-state index is 11.7. The third kappa shape index (κ3) is 3.60. The van der Waals surface area contributed by atoms with Crippen molar-refractivity contribution in [3.63, 3.8) is 0 Å². The molecule has 0 spiro atoms. The summed E-state index contributed by atoms with van der Waals surface area (Å²) in [6.07, 6.45) is 0.489. The van der Waals surface area contributed by atoms with E-state index in [1.54, 1.807) is 12.1 Å². The molecule has 0 atom stereocenters. The van der Waals surface area contributed by atoms with Crippen LogP contribution in [0, 0.1) is 0 Å². The monoisotopic (exact) mass is 270 g/mol. The van der Waals surface area contributed by atoms with Gasteiger partial charge in [-0.15, -0.1) is 0 Å². The fraction of sp³-hybridized carbons (Fsp3) is 0.235. The maximum Gasteiger partial charge on any atom is 0.162 e. The Balaban J connectivity index is 2.17. The first-order valence-electron chi connectivity index (χ1n) is 6.77. The second-order valence-corrected chi connectivity index (χ2v) is 4.31. The van der Waals surface area contributed by atoms with Crippen LogP contribution in [0.2, 0.25) is 0 Å². The molecule has 2 rings (SSSR count). The largest absolute Gasteiger partial charge is 0.494 e. The van der Waals surface area contributed by atoms with Crippen LogP contribution in [0.25, 0.3) is 0 Å². The van der Waals surface area contributed by atoms with Gasteiger partial charge in [-0.2, -0.15) is 0 Å². The Bertz CT molecular complexity index is 590. The van der Waals surface area contributed by atoms with Gasteiger partial charge < -0.3 is 9.47 Å². The molecule has 0 bridgehead atoms. The molecule has 0 N–H and O–H groups in total. The summed E-state index contributed by atoms with van der Waals surface area (Å²) in [7, 11) is 0. The van der Waals surface area contributed by atoms with Gasteiger partial charge in [-0.3, -0.25) is 4.79 Å². The Morgan fingerprint density at radius 1 is 0.950 bits per heavy atom. The second kappa shape index (κ2) is 6.75. The molecule has 0 unspecified atom stereocenters. The van der Waals surface area contributed by atoms with E-state index in [0.29, 0.717) is 30.1 Å². The fourth-order valence-corrected chi connectivity index (χ4v) is 1.87. The molecule has 2 aromatic rings. The summed E-state index contributed by atoms with van der Waals surface area (Å²) in [5.41, 5.74) is 0.672. The number of carbonyl (C=O) groups excluding carboxylic acids is 1. The molecule has 0 saturated heterocycles. The first-order chi connectivity index (χ1) is 9.72. The molecule has 0 aliphatic heterocycles. The summed E-state index contributed by atoms with van der Waals surface area (Å²) in [6.45, 7) is 4.40. The van der Waals surface area contributed by atoms with E-state index < -0.39 is 0 Å². The van der Waals surface area contributed by atoms with E-state index in [-0.39, 0.29) is 5.78 Å². The van der Waals surface area contributed by atoms with Crippen LogP contribution in [0.1, 0.15) is 30.6 Å². The van der Waals surface area contributed by atoms with Crippen molar-refractivity contribution < 1.29 is 14.3 Å². The van der Waals surface area contributed by atoms with E-state index in [0.717, 1.165) is 5.75 Å². The average molecular weight is 270 g/mol. The van der Waals surface area contributed by atoms with Crippen LogP contribution in [-0.4, -0.2) is 12.4 Å². The Kier molecular flexibility index (Phi) is 4.77. The zero-order chi connectivity index (χ0) is 14.4. The summed E-state index contributed by atoms with van der Waals surface area (Å²) >= 11 is 0.